The molecular formula is C15H11N3O4S. The number of thiophene rings is 1. The van der Waals surface area contributed by atoms with Crippen molar-refractivity contribution in [1.82, 2.24) is 5.32 Å². The normalized spacial score (nSPS) is 10.6. The number of carbonyl (C=O) groups is 1. The van der Waals surface area contributed by atoms with E-state index >= 15 is 0 Å². The van der Waals surface area contributed by atoms with Crippen molar-refractivity contribution in [2.75, 3.05) is 0 Å². The van der Waals surface area contributed by atoms with Crippen molar-refractivity contribution in [1.29, 1.82) is 5.41 Å². The Hall–Kier alpha value is -3.00. The van der Waals surface area contributed by atoms with Crippen LogP contribution < -0.4 is 10.9 Å². The molecule has 2 aromatic heterocycles. The van der Waals surface area contributed by atoms with Gasteiger partial charge in [-0.2, -0.15) is 0 Å². The summed E-state index contributed by atoms with van der Waals surface area (Å²) in [5.41, 5.74) is -0.0321. The van der Waals surface area contributed by atoms with Gasteiger partial charge in [0.05, 0.1) is 11.5 Å². The van der Waals surface area contributed by atoms with Crippen LogP contribution in [-0.2, 0) is 6.54 Å². The number of rotatable bonds is 4. The molecule has 1 aromatic carbocycles. The molecule has 0 aliphatic carbocycles. The quantitative estimate of drug-likeness (QED) is 0.566. The average Bonchev–Trinajstić information content (AvgIpc) is 3.04. The third-order valence-corrected chi connectivity index (χ3v) is 4.08. The van der Waals surface area contributed by atoms with Crippen LogP contribution in [0.15, 0.2) is 46.2 Å². The summed E-state index contributed by atoms with van der Waals surface area (Å²) in [5, 5.41) is 23.6. The number of nitro groups is 1. The lowest BCUT2D eigenvalue weighted by atomic mass is 10.1. The first-order valence-corrected chi connectivity index (χ1v) is 7.50. The summed E-state index contributed by atoms with van der Waals surface area (Å²) in [7, 11) is 0. The molecule has 116 valence electrons. The molecule has 0 bridgehead atoms. The van der Waals surface area contributed by atoms with Crippen LogP contribution in [0, 0.1) is 15.5 Å². The number of hydrogen-bond donors (Lipinski definition) is 2. The van der Waals surface area contributed by atoms with E-state index in [1.807, 2.05) is 17.5 Å². The van der Waals surface area contributed by atoms with E-state index < -0.39 is 10.8 Å². The van der Waals surface area contributed by atoms with Crippen molar-refractivity contribution in [2.45, 2.75) is 6.54 Å². The number of nitro benzene ring substituents is 1. The topological polar surface area (TPSA) is 109 Å². The SMILES string of the molecule is N=c1oc2ccc([N+](=O)[O-])cc2cc1C(=O)NCc1cccs1. The summed E-state index contributed by atoms with van der Waals surface area (Å²) in [5.74, 6) is -0.458. The fourth-order valence-corrected chi connectivity index (χ4v) is 2.73. The summed E-state index contributed by atoms with van der Waals surface area (Å²) in [6, 6.07) is 9.22. The minimum atomic E-state index is -0.523. The average molecular weight is 329 g/mol. The Morgan fingerprint density at radius 2 is 2.17 bits per heavy atom. The van der Waals surface area contributed by atoms with Crippen LogP contribution in [0.4, 0.5) is 5.69 Å². The Morgan fingerprint density at radius 3 is 2.87 bits per heavy atom. The van der Waals surface area contributed by atoms with E-state index in [-0.39, 0.29) is 16.8 Å². The Kier molecular flexibility index (Phi) is 3.90. The molecule has 0 aliphatic heterocycles. The maximum Gasteiger partial charge on any atom is 0.270 e. The largest absolute Gasteiger partial charge is 0.438 e. The predicted octanol–water partition coefficient (Wildman–Crippen LogP) is 2.81. The molecule has 0 fully saturated rings. The molecule has 0 radical (unpaired) electrons. The summed E-state index contributed by atoms with van der Waals surface area (Å²) in [6.07, 6.45) is 0. The van der Waals surface area contributed by atoms with Crippen LogP contribution in [0.2, 0.25) is 0 Å². The Bertz CT molecular complexity index is 947. The number of non-ortho nitro benzene ring substituents is 1. The van der Waals surface area contributed by atoms with E-state index in [0.29, 0.717) is 17.5 Å². The van der Waals surface area contributed by atoms with Crippen molar-refractivity contribution in [2.24, 2.45) is 0 Å². The second kappa shape index (κ2) is 6.01. The second-order valence-electron chi connectivity index (χ2n) is 4.73. The van der Waals surface area contributed by atoms with E-state index in [1.165, 1.54) is 35.6 Å². The van der Waals surface area contributed by atoms with Crippen molar-refractivity contribution >= 4 is 33.9 Å². The molecule has 8 heteroatoms. The molecule has 7 nitrogen and oxygen atoms in total. The zero-order valence-electron chi connectivity index (χ0n) is 11.7. The molecule has 23 heavy (non-hydrogen) atoms. The first-order valence-electron chi connectivity index (χ1n) is 6.62. The number of nitrogens with zero attached hydrogens (tertiary/aromatic N) is 1. The fourth-order valence-electron chi connectivity index (χ4n) is 2.09. The monoisotopic (exact) mass is 329 g/mol. The first kappa shape index (κ1) is 14.9. The highest BCUT2D eigenvalue weighted by Crippen LogP contribution is 2.20. The van der Waals surface area contributed by atoms with Gasteiger partial charge in [0.15, 0.2) is 0 Å². The predicted molar refractivity (Wildman–Crippen MR) is 84.2 cm³/mol. The summed E-state index contributed by atoms with van der Waals surface area (Å²) < 4.78 is 5.27. The minimum absolute atomic E-state index is 0.0366. The zero-order valence-corrected chi connectivity index (χ0v) is 12.6. The minimum Gasteiger partial charge on any atom is -0.438 e. The van der Waals surface area contributed by atoms with Gasteiger partial charge in [-0.3, -0.25) is 20.3 Å². The third-order valence-electron chi connectivity index (χ3n) is 3.21. The molecule has 0 atom stereocenters. The van der Waals surface area contributed by atoms with Gasteiger partial charge in [0.1, 0.15) is 11.1 Å². The molecule has 2 N–H and O–H groups in total. The van der Waals surface area contributed by atoms with Crippen molar-refractivity contribution in [3.63, 3.8) is 0 Å². The number of nitrogens with one attached hydrogen (secondary N) is 2. The Balaban J connectivity index is 1.92. The van der Waals surface area contributed by atoms with Crippen molar-refractivity contribution in [3.8, 4) is 0 Å². The molecule has 3 aromatic rings. The van der Waals surface area contributed by atoms with Gasteiger partial charge in [0, 0.05) is 22.4 Å². The van der Waals surface area contributed by atoms with Gasteiger partial charge in [-0.05, 0) is 23.6 Å². The highest BCUT2D eigenvalue weighted by atomic mass is 32.1. The van der Waals surface area contributed by atoms with Crippen LogP contribution >= 0.6 is 11.3 Å². The van der Waals surface area contributed by atoms with Crippen LogP contribution in [0.1, 0.15) is 15.2 Å². The van der Waals surface area contributed by atoms with Gasteiger partial charge in [-0.25, -0.2) is 0 Å². The number of fused-ring (bicyclic) bond motifs is 1. The van der Waals surface area contributed by atoms with Gasteiger partial charge < -0.3 is 9.73 Å². The van der Waals surface area contributed by atoms with Crippen LogP contribution in [0.25, 0.3) is 11.0 Å². The Labute approximate surface area is 133 Å². The van der Waals surface area contributed by atoms with Crippen LogP contribution in [0.3, 0.4) is 0 Å². The third kappa shape index (κ3) is 3.11. The molecule has 2 heterocycles. The number of carbonyl (C=O) groups excluding carboxylic acids is 1. The molecule has 3 rings (SSSR count). The number of benzene rings is 1. The first-order chi connectivity index (χ1) is 11.0. The van der Waals surface area contributed by atoms with Crippen molar-refractivity contribution < 1.29 is 14.1 Å². The summed E-state index contributed by atoms with van der Waals surface area (Å²) in [4.78, 5) is 23.5. The lowest BCUT2D eigenvalue weighted by Gasteiger charge is -2.05. The van der Waals surface area contributed by atoms with E-state index in [0.717, 1.165) is 4.88 Å². The molecular weight excluding hydrogens is 318 g/mol. The molecule has 0 aliphatic rings. The maximum atomic E-state index is 12.2. The molecule has 0 unspecified atom stereocenters. The van der Waals surface area contributed by atoms with Gasteiger partial charge in [0.25, 0.3) is 11.6 Å². The zero-order chi connectivity index (χ0) is 16.4. The lowest BCUT2D eigenvalue weighted by Crippen LogP contribution is -2.27. The van der Waals surface area contributed by atoms with Gasteiger partial charge >= 0.3 is 0 Å². The maximum absolute atomic E-state index is 12.2. The number of hydrogen-bond acceptors (Lipinski definition) is 6. The van der Waals surface area contributed by atoms with Gasteiger partial charge in [0.2, 0.25) is 5.55 Å². The summed E-state index contributed by atoms with van der Waals surface area (Å²) >= 11 is 1.51. The summed E-state index contributed by atoms with van der Waals surface area (Å²) in [6.45, 7) is 0.350. The standard InChI is InChI=1S/C15H11N3O4S/c16-14-12(15(19)17-8-11-2-1-5-23-11)7-9-6-10(18(20)21)3-4-13(9)22-14/h1-7,16H,8H2,(H,17,19). The highest BCUT2D eigenvalue weighted by molar-refractivity contribution is 7.09. The van der Waals surface area contributed by atoms with E-state index in [1.54, 1.807) is 0 Å². The van der Waals surface area contributed by atoms with Crippen LogP contribution in [0.5, 0.6) is 0 Å². The molecule has 1 amide bonds. The smallest absolute Gasteiger partial charge is 0.270 e. The molecule has 0 saturated carbocycles. The van der Waals surface area contributed by atoms with E-state index in [9.17, 15) is 14.9 Å². The molecule has 0 spiro atoms. The van der Waals surface area contributed by atoms with E-state index in [2.05, 4.69) is 5.32 Å². The van der Waals surface area contributed by atoms with Gasteiger partial charge in [-0.15, -0.1) is 11.3 Å². The van der Waals surface area contributed by atoms with Crippen molar-refractivity contribution in [3.05, 3.63) is 67.9 Å². The molecule has 0 saturated heterocycles. The van der Waals surface area contributed by atoms with Crippen LogP contribution in [-0.4, -0.2) is 10.8 Å². The Morgan fingerprint density at radius 1 is 1.35 bits per heavy atom. The highest BCUT2D eigenvalue weighted by Gasteiger charge is 2.14. The number of amides is 1. The van der Waals surface area contributed by atoms with Gasteiger partial charge in [-0.1, -0.05) is 6.07 Å². The fraction of sp³-hybridized carbons (Fsp3) is 0.0667. The lowest BCUT2D eigenvalue weighted by molar-refractivity contribution is -0.384. The second-order valence-corrected chi connectivity index (χ2v) is 5.76. The van der Waals surface area contributed by atoms with E-state index in [4.69, 9.17) is 9.83 Å².